The summed E-state index contributed by atoms with van der Waals surface area (Å²) in [6, 6.07) is 14.0. The van der Waals surface area contributed by atoms with Crippen LogP contribution in [0, 0.1) is 13.8 Å². The van der Waals surface area contributed by atoms with Crippen LogP contribution < -0.4 is 10.8 Å². The summed E-state index contributed by atoms with van der Waals surface area (Å²) in [5.41, 5.74) is 7.39. The van der Waals surface area contributed by atoms with Gasteiger partial charge in [0, 0.05) is 22.0 Å². The summed E-state index contributed by atoms with van der Waals surface area (Å²) in [6.45, 7) is 10.2. The zero-order valence-electron chi connectivity index (χ0n) is 19.9. The van der Waals surface area contributed by atoms with E-state index in [1.165, 1.54) is 24.0 Å². The fraction of sp³-hybridized carbons (Fsp3) is 0.269. The molecule has 8 heteroatoms. The molecule has 0 unspecified atom stereocenters. The summed E-state index contributed by atoms with van der Waals surface area (Å²) in [5, 5.41) is 7.10. The predicted molar refractivity (Wildman–Crippen MR) is 137 cm³/mol. The zero-order chi connectivity index (χ0) is 24.6. The van der Waals surface area contributed by atoms with Crippen molar-refractivity contribution in [1.29, 1.82) is 0 Å². The number of hydrogen-bond donors (Lipinski definition) is 1. The largest absolute Gasteiger partial charge is 0.465 e. The first-order valence-electron chi connectivity index (χ1n) is 10.8. The number of hydrogen-bond acceptors (Lipinski definition) is 7. The van der Waals surface area contributed by atoms with Gasteiger partial charge in [-0.3, -0.25) is 5.43 Å². The summed E-state index contributed by atoms with van der Waals surface area (Å²) in [4.78, 5) is 16.7. The van der Waals surface area contributed by atoms with Gasteiger partial charge in [0.2, 0.25) is 5.13 Å². The van der Waals surface area contributed by atoms with Crippen molar-refractivity contribution in [2.24, 2.45) is 5.10 Å². The number of fused-ring (bicyclic) bond motifs is 1. The number of methoxy groups -OCH3 is 1. The monoisotopic (exact) mass is 495 g/mol. The first kappa shape index (κ1) is 24.0. The Bertz CT molecular complexity index is 1450. The van der Waals surface area contributed by atoms with E-state index < -0.39 is 5.97 Å². The molecule has 0 amide bonds. The number of halogens is 1. The van der Waals surface area contributed by atoms with E-state index in [2.05, 4.69) is 60.5 Å². The van der Waals surface area contributed by atoms with Crippen LogP contribution in [0.2, 0.25) is 5.02 Å². The van der Waals surface area contributed by atoms with Gasteiger partial charge in [0.05, 0.1) is 18.2 Å². The highest BCUT2D eigenvalue weighted by molar-refractivity contribution is 7.17. The van der Waals surface area contributed by atoms with Crippen molar-refractivity contribution in [3.05, 3.63) is 74.5 Å². The van der Waals surface area contributed by atoms with Crippen molar-refractivity contribution in [2.75, 3.05) is 12.5 Å². The number of esters is 1. The van der Waals surface area contributed by atoms with Gasteiger partial charge in [0.15, 0.2) is 0 Å². The Labute approximate surface area is 207 Å². The molecule has 2 aromatic heterocycles. The van der Waals surface area contributed by atoms with Crippen LogP contribution in [0.3, 0.4) is 0 Å². The summed E-state index contributed by atoms with van der Waals surface area (Å²) in [5.74, 6) is 0.260. The molecule has 0 saturated carbocycles. The number of aromatic nitrogens is 1. The van der Waals surface area contributed by atoms with Gasteiger partial charge in [-0.2, -0.15) is 5.10 Å². The third-order valence-corrected chi connectivity index (χ3v) is 6.95. The Kier molecular flexibility index (Phi) is 6.51. The van der Waals surface area contributed by atoms with E-state index in [1.54, 1.807) is 6.92 Å². The molecular weight excluding hydrogens is 470 g/mol. The molecule has 0 spiro atoms. The lowest BCUT2D eigenvalue weighted by molar-refractivity contribution is 0.0605. The fourth-order valence-corrected chi connectivity index (χ4v) is 4.48. The molecule has 0 atom stereocenters. The standard InChI is InChI=1S/C26H26ClN3O3S/c1-14-11-22-18(12-19(14)27)20(29-30-25-28-15(2)23(34-25)24(31)32-6)13-21(33-22)16-7-9-17(10-8-16)26(3,4)5/h7-13H,1-6H3,(H,28,30). The first-order chi connectivity index (χ1) is 16.1. The molecule has 0 saturated heterocycles. The van der Waals surface area contributed by atoms with E-state index in [-0.39, 0.29) is 5.41 Å². The third kappa shape index (κ3) is 4.86. The highest BCUT2D eigenvalue weighted by Crippen LogP contribution is 2.29. The summed E-state index contributed by atoms with van der Waals surface area (Å²) < 4.78 is 11.1. The molecule has 2 aromatic carbocycles. The average Bonchev–Trinajstić information content (AvgIpc) is 3.17. The molecule has 0 aliphatic carbocycles. The van der Waals surface area contributed by atoms with Crippen LogP contribution >= 0.6 is 22.9 Å². The number of nitrogens with zero attached hydrogens (tertiary/aromatic N) is 2. The Morgan fingerprint density at radius 1 is 1.15 bits per heavy atom. The number of carbonyl (C=O) groups excluding carboxylic acids is 1. The van der Waals surface area contributed by atoms with Crippen LogP contribution in [0.15, 0.2) is 52.0 Å². The van der Waals surface area contributed by atoms with E-state index in [1.807, 2.05) is 25.1 Å². The molecule has 2 heterocycles. The van der Waals surface area contributed by atoms with Crippen molar-refractivity contribution in [1.82, 2.24) is 4.98 Å². The van der Waals surface area contributed by atoms with Gasteiger partial charge >= 0.3 is 5.97 Å². The van der Waals surface area contributed by atoms with E-state index in [4.69, 9.17) is 20.8 Å². The van der Waals surface area contributed by atoms with Crippen LogP contribution in [-0.4, -0.2) is 18.1 Å². The molecular formula is C26H26ClN3O3S. The van der Waals surface area contributed by atoms with E-state index in [0.29, 0.717) is 37.4 Å². The van der Waals surface area contributed by atoms with Crippen molar-refractivity contribution >= 4 is 45.0 Å². The lowest BCUT2D eigenvalue weighted by Crippen LogP contribution is -2.10. The van der Waals surface area contributed by atoms with Gasteiger partial charge in [-0.25, -0.2) is 9.78 Å². The maximum absolute atomic E-state index is 11.9. The average molecular weight is 496 g/mol. The molecule has 0 aliphatic heterocycles. The van der Waals surface area contributed by atoms with Gasteiger partial charge < -0.3 is 9.15 Å². The minimum absolute atomic E-state index is 0.0617. The van der Waals surface area contributed by atoms with Gasteiger partial charge in [0.1, 0.15) is 16.2 Å². The zero-order valence-corrected chi connectivity index (χ0v) is 21.5. The minimum atomic E-state index is -0.421. The molecule has 4 aromatic rings. The lowest BCUT2D eigenvalue weighted by atomic mass is 9.86. The normalized spacial score (nSPS) is 12.3. The maximum atomic E-state index is 11.9. The number of rotatable bonds is 4. The second-order valence-corrected chi connectivity index (χ2v) is 10.5. The number of thiazole rings is 1. The number of aryl methyl sites for hydroxylation is 2. The number of ether oxygens (including phenoxy) is 1. The summed E-state index contributed by atoms with van der Waals surface area (Å²) >= 11 is 7.59. The quantitative estimate of drug-likeness (QED) is 0.248. The number of anilines is 1. The predicted octanol–water partition coefficient (Wildman–Crippen LogP) is 6.84. The molecule has 0 bridgehead atoms. The molecule has 34 heavy (non-hydrogen) atoms. The van der Waals surface area contributed by atoms with Crippen LogP contribution in [0.5, 0.6) is 0 Å². The fourth-order valence-electron chi connectivity index (χ4n) is 3.49. The maximum Gasteiger partial charge on any atom is 0.350 e. The summed E-state index contributed by atoms with van der Waals surface area (Å²) in [7, 11) is 1.35. The van der Waals surface area contributed by atoms with Crippen molar-refractivity contribution in [2.45, 2.75) is 40.0 Å². The molecule has 6 nitrogen and oxygen atoms in total. The van der Waals surface area contributed by atoms with Gasteiger partial charge in [-0.05, 0) is 42.5 Å². The second-order valence-electron chi connectivity index (χ2n) is 9.07. The first-order valence-corrected chi connectivity index (χ1v) is 12.0. The molecule has 1 N–H and O–H groups in total. The van der Waals surface area contributed by atoms with Gasteiger partial charge in [-0.15, -0.1) is 0 Å². The molecule has 4 rings (SSSR count). The Hall–Kier alpha value is -3.16. The number of benzene rings is 2. The second kappa shape index (κ2) is 9.24. The van der Waals surface area contributed by atoms with Crippen molar-refractivity contribution in [3.63, 3.8) is 0 Å². The Balaban J connectivity index is 1.82. The number of nitrogens with one attached hydrogen (secondary N) is 1. The van der Waals surface area contributed by atoms with Crippen LogP contribution in [-0.2, 0) is 10.2 Å². The number of carbonyl (C=O) groups is 1. The topological polar surface area (TPSA) is 76.7 Å². The smallest absolute Gasteiger partial charge is 0.350 e. The van der Waals surface area contributed by atoms with Crippen LogP contribution in [0.1, 0.15) is 47.3 Å². The van der Waals surface area contributed by atoms with Gasteiger partial charge in [0.25, 0.3) is 0 Å². The molecule has 176 valence electrons. The summed E-state index contributed by atoms with van der Waals surface area (Å²) in [6.07, 6.45) is 0. The van der Waals surface area contributed by atoms with Gasteiger partial charge in [-0.1, -0.05) is 68.0 Å². The molecule has 0 radical (unpaired) electrons. The highest BCUT2D eigenvalue weighted by Gasteiger charge is 2.16. The van der Waals surface area contributed by atoms with Crippen LogP contribution in [0.25, 0.3) is 22.3 Å². The highest BCUT2D eigenvalue weighted by atomic mass is 35.5. The Morgan fingerprint density at radius 3 is 2.50 bits per heavy atom. The van der Waals surface area contributed by atoms with Crippen molar-refractivity contribution in [3.8, 4) is 11.3 Å². The third-order valence-electron chi connectivity index (χ3n) is 5.50. The SMILES string of the molecule is COC(=O)c1sc(NN=c2cc(-c3ccc(C(C)(C)C)cc3)oc3cc(C)c(Cl)cc23)nc1C. The Morgan fingerprint density at radius 2 is 1.85 bits per heavy atom. The minimum Gasteiger partial charge on any atom is -0.465 e. The lowest BCUT2D eigenvalue weighted by Gasteiger charge is -2.19. The van der Waals surface area contributed by atoms with E-state index in [9.17, 15) is 4.79 Å². The van der Waals surface area contributed by atoms with E-state index >= 15 is 0 Å². The van der Waals surface area contributed by atoms with Crippen LogP contribution in [0.4, 0.5) is 5.13 Å². The van der Waals surface area contributed by atoms with Crippen molar-refractivity contribution < 1.29 is 13.9 Å². The van der Waals surface area contributed by atoms with E-state index in [0.717, 1.165) is 16.5 Å². The molecule has 0 aliphatic rings. The molecule has 0 fully saturated rings.